The lowest BCUT2D eigenvalue weighted by Crippen LogP contribution is -2.24. The number of hydrogen-bond donors (Lipinski definition) is 3. The lowest BCUT2D eigenvalue weighted by molar-refractivity contribution is 0.0956. The van der Waals surface area contributed by atoms with E-state index in [-0.39, 0.29) is 5.91 Å². The second-order valence-electron chi connectivity index (χ2n) is 4.38. The minimum atomic E-state index is -0.110. The first-order chi connectivity index (χ1) is 9.70. The summed E-state index contributed by atoms with van der Waals surface area (Å²) in [6.07, 6.45) is 3.51. The average Bonchev–Trinajstić information content (AvgIpc) is 2.46. The quantitative estimate of drug-likeness (QED) is 0.726. The zero-order valence-corrected chi connectivity index (χ0v) is 11.4. The third kappa shape index (κ3) is 3.47. The molecule has 0 aliphatic heterocycles. The Morgan fingerprint density at radius 1 is 1.35 bits per heavy atom. The molecule has 2 aromatic rings. The zero-order chi connectivity index (χ0) is 14.4. The second-order valence-corrected chi connectivity index (χ2v) is 4.38. The molecule has 0 spiro atoms. The Labute approximate surface area is 118 Å². The summed E-state index contributed by atoms with van der Waals surface area (Å²) in [4.78, 5) is 16.0. The smallest absolute Gasteiger partial charge is 0.253 e. The number of nitrogens with two attached hydrogens (primary N) is 1. The molecule has 0 bridgehead atoms. The number of amides is 1. The van der Waals surface area contributed by atoms with Gasteiger partial charge in [0.05, 0.1) is 5.56 Å². The summed E-state index contributed by atoms with van der Waals surface area (Å²) in [6.45, 7) is 3.06. The van der Waals surface area contributed by atoms with Crippen LogP contribution in [0.5, 0.6) is 0 Å². The molecule has 5 heteroatoms. The Kier molecular flexibility index (Phi) is 4.55. The molecule has 0 radical (unpaired) electrons. The molecule has 0 saturated carbocycles. The molecule has 104 valence electrons. The van der Waals surface area contributed by atoms with Gasteiger partial charge in [-0.3, -0.25) is 9.78 Å². The van der Waals surface area contributed by atoms with E-state index in [0.29, 0.717) is 24.3 Å². The van der Waals surface area contributed by atoms with Crippen molar-refractivity contribution < 1.29 is 4.79 Å². The van der Waals surface area contributed by atoms with E-state index in [1.54, 1.807) is 30.6 Å². The summed E-state index contributed by atoms with van der Waals surface area (Å²) in [7, 11) is 0. The van der Waals surface area contributed by atoms with Crippen LogP contribution >= 0.6 is 0 Å². The zero-order valence-electron chi connectivity index (χ0n) is 11.4. The van der Waals surface area contributed by atoms with E-state index >= 15 is 0 Å². The highest BCUT2D eigenvalue weighted by Gasteiger charge is 2.10. The van der Waals surface area contributed by atoms with Gasteiger partial charge in [-0.15, -0.1) is 0 Å². The first-order valence-electron chi connectivity index (χ1n) is 6.51. The van der Waals surface area contributed by atoms with Crippen LogP contribution in [-0.2, 0) is 6.54 Å². The van der Waals surface area contributed by atoms with Crippen molar-refractivity contribution in [2.75, 3.05) is 17.6 Å². The molecular formula is C15H18N4O. The number of benzene rings is 1. The van der Waals surface area contributed by atoms with Gasteiger partial charge in [0.25, 0.3) is 5.91 Å². The maximum absolute atomic E-state index is 12.0. The Morgan fingerprint density at radius 3 is 2.90 bits per heavy atom. The predicted octanol–water partition coefficient (Wildman–Crippen LogP) is 2.03. The Bertz CT molecular complexity index is 584. The van der Waals surface area contributed by atoms with Crippen molar-refractivity contribution in [3.63, 3.8) is 0 Å². The number of nitrogens with zero attached hydrogens (tertiary/aromatic N) is 1. The Balaban J connectivity index is 2.17. The molecular weight excluding hydrogens is 252 g/mol. The topological polar surface area (TPSA) is 80.0 Å². The minimum absolute atomic E-state index is 0.110. The van der Waals surface area contributed by atoms with Crippen LogP contribution in [0.4, 0.5) is 11.4 Å². The lowest BCUT2D eigenvalue weighted by atomic mass is 10.1. The van der Waals surface area contributed by atoms with Gasteiger partial charge >= 0.3 is 0 Å². The van der Waals surface area contributed by atoms with Crippen molar-refractivity contribution in [3.05, 3.63) is 53.9 Å². The molecule has 5 nitrogen and oxygen atoms in total. The summed E-state index contributed by atoms with van der Waals surface area (Å²) >= 11 is 0. The fourth-order valence-corrected chi connectivity index (χ4v) is 1.86. The summed E-state index contributed by atoms with van der Waals surface area (Å²) < 4.78 is 0. The SMILES string of the molecule is CCNC(=O)c1ccc(N)cc1NCc1cccnc1. The number of pyridine rings is 1. The number of nitrogen functional groups attached to an aromatic ring is 1. The van der Waals surface area contributed by atoms with Crippen LogP contribution in [0.3, 0.4) is 0 Å². The highest BCUT2D eigenvalue weighted by molar-refractivity contribution is 6.00. The summed E-state index contributed by atoms with van der Waals surface area (Å²) in [5, 5.41) is 6.02. The molecule has 0 unspecified atom stereocenters. The highest BCUT2D eigenvalue weighted by Crippen LogP contribution is 2.20. The summed E-state index contributed by atoms with van der Waals surface area (Å²) in [5.74, 6) is -0.110. The Hall–Kier alpha value is -2.56. The second kappa shape index (κ2) is 6.56. The van der Waals surface area contributed by atoms with Crippen molar-refractivity contribution in [2.45, 2.75) is 13.5 Å². The largest absolute Gasteiger partial charge is 0.399 e. The number of aromatic nitrogens is 1. The number of hydrogen-bond acceptors (Lipinski definition) is 4. The standard InChI is InChI=1S/C15H18N4O/c1-2-18-15(20)13-6-5-12(16)8-14(13)19-10-11-4-3-7-17-9-11/h3-9,19H,2,10,16H2,1H3,(H,18,20). The Morgan fingerprint density at radius 2 is 2.20 bits per heavy atom. The molecule has 1 heterocycles. The van der Waals surface area contributed by atoms with Crippen LogP contribution in [0.2, 0.25) is 0 Å². The number of carbonyl (C=O) groups excluding carboxylic acids is 1. The first kappa shape index (κ1) is 13.9. The van der Waals surface area contributed by atoms with E-state index in [1.807, 2.05) is 19.1 Å². The maximum Gasteiger partial charge on any atom is 0.253 e. The molecule has 0 atom stereocenters. The van der Waals surface area contributed by atoms with Gasteiger partial charge in [-0.25, -0.2) is 0 Å². The molecule has 1 aromatic carbocycles. The van der Waals surface area contributed by atoms with Crippen LogP contribution < -0.4 is 16.4 Å². The molecule has 20 heavy (non-hydrogen) atoms. The van der Waals surface area contributed by atoms with Gasteiger partial charge in [-0.05, 0) is 36.8 Å². The molecule has 0 aliphatic rings. The fraction of sp³-hybridized carbons (Fsp3) is 0.200. The van der Waals surface area contributed by atoms with E-state index < -0.39 is 0 Å². The number of carbonyl (C=O) groups is 1. The van der Waals surface area contributed by atoms with Crippen molar-refractivity contribution >= 4 is 17.3 Å². The van der Waals surface area contributed by atoms with Gasteiger partial charge in [0, 0.05) is 36.9 Å². The van der Waals surface area contributed by atoms with Crippen LogP contribution in [0.15, 0.2) is 42.7 Å². The fourth-order valence-electron chi connectivity index (χ4n) is 1.86. The van der Waals surface area contributed by atoms with E-state index in [4.69, 9.17) is 5.73 Å². The summed E-state index contributed by atoms with van der Waals surface area (Å²) in [5.41, 5.74) is 8.75. The van der Waals surface area contributed by atoms with Gasteiger partial charge in [0.2, 0.25) is 0 Å². The van der Waals surface area contributed by atoms with Crippen molar-refractivity contribution in [2.24, 2.45) is 0 Å². The van der Waals surface area contributed by atoms with Crippen LogP contribution in [0.25, 0.3) is 0 Å². The van der Waals surface area contributed by atoms with Crippen molar-refractivity contribution in [3.8, 4) is 0 Å². The number of rotatable bonds is 5. The predicted molar refractivity (Wildman–Crippen MR) is 80.4 cm³/mol. The van der Waals surface area contributed by atoms with E-state index in [9.17, 15) is 4.79 Å². The van der Waals surface area contributed by atoms with Gasteiger partial charge in [0.1, 0.15) is 0 Å². The first-order valence-corrected chi connectivity index (χ1v) is 6.51. The number of nitrogens with one attached hydrogen (secondary N) is 2. The van der Waals surface area contributed by atoms with Crippen LogP contribution in [-0.4, -0.2) is 17.4 Å². The van der Waals surface area contributed by atoms with Gasteiger partial charge in [0.15, 0.2) is 0 Å². The molecule has 0 aliphatic carbocycles. The molecule has 0 fully saturated rings. The van der Waals surface area contributed by atoms with Gasteiger partial charge in [-0.2, -0.15) is 0 Å². The molecule has 0 saturated heterocycles. The number of anilines is 2. The normalized spacial score (nSPS) is 10.1. The third-order valence-corrected chi connectivity index (χ3v) is 2.83. The average molecular weight is 270 g/mol. The van der Waals surface area contributed by atoms with Crippen molar-refractivity contribution in [1.29, 1.82) is 0 Å². The summed E-state index contributed by atoms with van der Waals surface area (Å²) in [6, 6.07) is 9.06. The van der Waals surface area contributed by atoms with Crippen LogP contribution in [0.1, 0.15) is 22.8 Å². The maximum atomic E-state index is 12.0. The molecule has 1 aromatic heterocycles. The van der Waals surface area contributed by atoms with Gasteiger partial charge in [-0.1, -0.05) is 6.07 Å². The molecule has 4 N–H and O–H groups in total. The van der Waals surface area contributed by atoms with Crippen LogP contribution in [0, 0.1) is 0 Å². The van der Waals surface area contributed by atoms with Gasteiger partial charge < -0.3 is 16.4 Å². The van der Waals surface area contributed by atoms with E-state index in [1.165, 1.54) is 0 Å². The lowest BCUT2D eigenvalue weighted by Gasteiger charge is -2.12. The highest BCUT2D eigenvalue weighted by atomic mass is 16.1. The third-order valence-electron chi connectivity index (χ3n) is 2.83. The molecule has 1 amide bonds. The minimum Gasteiger partial charge on any atom is -0.399 e. The van der Waals surface area contributed by atoms with Crippen molar-refractivity contribution in [1.82, 2.24) is 10.3 Å². The van der Waals surface area contributed by atoms with E-state index in [2.05, 4.69) is 15.6 Å². The monoisotopic (exact) mass is 270 g/mol. The molecule has 2 rings (SSSR count). The van der Waals surface area contributed by atoms with E-state index in [0.717, 1.165) is 11.3 Å².